The Morgan fingerprint density at radius 1 is 1.43 bits per heavy atom. The van der Waals surface area contributed by atoms with E-state index < -0.39 is 0 Å². The molecule has 4 heterocycles. The van der Waals surface area contributed by atoms with E-state index in [1.807, 2.05) is 12.3 Å². The number of hydrogen-bond donors (Lipinski definition) is 1. The average molecular weight is 358 g/mol. The van der Waals surface area contributed by atoms with E-state index in [0.29, 0.717) is 12.1 Å². The third-order valence-electron chi connectivity index (χ3n) is 2.89. The van der Waals surface area contributed by atoms with Crippen LogP contribution in [0.15, 0.2) is 18.3 Å². The van der Waals surface area contributed by atoms with Crippen molar-refractivity contribution in [3.05, 3.63) is 24.5 Å². The minimum atomic E-state index is 0. The number of aromatic nitrogens is 1. The zero-order valence-corrected chi connectivity index (χ0v) is 10.7. The van der Waals surface area contributed by atoms with Gasteiger partial charge in [0.2, 0.25) is 0 Å². The molecule has 4 rings (SSSR count). The Kier molecular flexibility index (Phi) is 2.89. The van der Waals surface area contributed by atoms with Gasteiger partial charge in [-0.3, -0.25) is 0 Å². The van der Waals surface area contributed by atoms with E-state index in [2.05, 4.69) is 27.5 Å². The van der Waals surface area contributed by atoms with E-state index in [1.165, 1.54) is 12.1 Å². The van der Waals surface area contributed by atoms with Gasteiger partial charge in [-0.1, -0.05) is 18.1 Å². The van der Waals surface area contributed by atoms with Gasteiger partial charge < -0.3 is 15.2 Å². The number of fused-ring (bicyclic) bond motifs is 2. The summed E-state index contributed by atoms with van der Waals surface area (Å²) in [6, 6.07) is 5.38. The number of rotatable bonds is 1. The maximum Gasteiger partial charge on any atom is 0.0312 e. The smallest absolute Gasteiger partial charge is 0.0312 e. The van der Waals surface area contributed by atoms with Crippen molar-refractivity contribution in [2.45, 2.75) is 18.5 Å². The monoisotopic (exact) mass is 358 g/mol. The van der Waals surface area contributed by atoms with Crippen LogP contribution in [0.1, 0.15) is 6.42 Å². The summed E-state index contributed by atoms with van der Waals surface area (Å²) in [4.78, 5) is 6.41. The fourth-order valence-electron chi connectivity index (χ4n) is 2.22. The second-order valence-corrected chi connectivity index (χ2v) is 3.85. The Morgan fingerprint density at radius 3 is 2.71 bits per heavy atom. The SMILES string of the molecule is [W].[c-]1ccc(N2CC3CC(C2)N3)cn1. The van der Waals surface area contributed by atoms with Gasteiger partial charge in [0.25, 0.3) is 0 Å². The fourth-order valence-corrected chi connectivity index (χ4v) is 2.22. The molecule has 3 fully saturated rings. The number of pyridine rings is 1. The minimum Gasteiger partial charge on any atom is -0.392 e. The first-order valence-electron chi connectivity index (χ1n) is 4.75. The molecule has 1 aromatic heterocycles. The van der Waals surface area contributed by atoms with Gasteiger partial charge in [-0.15, -0.1) is 6.07 Å². The molecule has 4 heteroatoms. The van der Waals surface area contributed by atoms with Gasteiger partial charge in [-0.2, -0.15) is 6.07 Å². The van der Waals surface area contributed by atoms with Crippen molar-refractivity contribution >= 4 is 5.69 Å². The molecule has 1 N–H and O–H groups in total. The fraction of sp³-hybridized carbons (Fsp3) is 0.500. The van der Waals surface area contributed by atoms with Crippen LogP contribution in [0.2, 0.25) is 0 Å². The molecular weight excluding hydrogens is 346 g/mol. The van der Waals surface area contributed by atoms with Crippen molar-refractivity contribution in [3.8, 4) is 0 Å². The van der Waals surface area contributed by atoms with E-state index >= 15 is 0 Å². The van der Waals surface area contributed by atoms with Gasteiger partial charge in [-0.25, -0.2) is 0 Å². The number of piperidine rings is 1. The molecule has 0 radical (unpaired) electrons. The van der Waals surface area contributed by atoms with Gasteiger partial charge in [0.1, 0.15) is 0 Å². The number of nitrogens with one attached hydrogen (secondary N) is 1. The Hall–Kier alpha value is -0.402. The van der Waals surface area contributed by atoms with Crippen molar-refractivity contribution < 1.29 is 21.1 Å². The molecule has 2 bridgehead atoms. The predicted octanol–water partition coefficient (Wildman–Crippen LogP) is 0.430. The normalized spacial score (nSPS) is 29.0. The molecule has 1 aromatic rings. The number of anilines is 1. The zero-order valence-electron chi connectivity index (χ0n) is 7.81. The maximum absolute atomic E-state index is 4.01. The van der Waals surface area contributed by atoms with E-state index in [1.54, 1.807) is 0 Å². The molecule has 0 spiro atoms. The molecule has 3 aliphatic heterocycles. The van der Waals surface area contributed by atoms with Crippen LogP contribution in [0.4, 0.5) is 5.69 Å². The summed E-state index contributed by atoms with van der Waals surface area (Å²) in [5, 5.41) is 3.51. The molecule has 14 heavy (non-hydrogen) atoms. The maximum atomic E-state index is 4.01. The molecule has 2 atom stereocenters. The van der Waals surface area contributed by atoms with E-state index in [0.717, 1.165) is 13.1 Å². The zero-order chi connectivity index (χ0) is 8.67. The van der Waals surface area contributed by atoms with Crippen molar-refractivity contribution in [1.82, 2.24) is 10.3 Å². The van der Waals surface area contributed by atoms with E-state index in [9.17, 15) is 0 Å². The van der Waals surface area contributed by atoms with Crippen LogP contribution in [-0.4, -0.2) is 30.2 Å². The second-order valence-electron chi connectivity index (χ2n) is 3.85. The number of hydrogen-bond acceptors (Lipinski definition) is 3. The summed E-state index contributed by atoms with van der Waals surface area (Å²) in [6.45, 7) is 2.25. The summed E-state index contributed by atoms with van der Waals surface area (Å²) >= 11 is 0. The van der Waals surface area contributed by atoms with Crippen molar-refractivity contribution in [2.24, 2.45) is 0 Å². The molecular formula is C10H12N3W-. The molecule has 0 aliphatic carbocycles. The average Bonchev–Trinajstić information content (AvgIpc) is 2.18. The first-order chi connectivity index (χ1) is 6.42. The van der Waals surface area contributed by atoms with E-state index in [-0.39, 0.29) is 21.1 Å². The molecule has 0 amide bonds. The molecule has 0 aromatic carbocycles. The molecule has 3 aliphatic rings. The first kappa shape index (κ1) is 10.1. The van der Waals surface area contributed by atoms with Crippen LogP contribution in [0, 0.1) is 6.20 Å². The Balaban J connectivity index is 0.000000750. The van der Waals surface area contributed by atoms with Gasteiger partial charge in [-0.05, 0) is 6.42 Å². The van der Waals surface area contributed by atoms with Gasteiger partial charge in [0, 0.05) is 46.2 Å². The third kappa shape index (κ3) is 1.71. The van der Waals surface area contributed by atoms with Crippen molar-refractivity contribution in [1.29, 1.82) is 0 Å². The Bertz CT molecular complexity index is 287. The summed E-state index contributed by atoms with van der Waals surface area (Å²) in [5.74, 6) is 0. The molecule has 0 saturated carbocycles. The van der Waals surface area contributed by atoms with Crippen LogP contribution in [0.5, 0.6) is 0 Å². The Labute approximate surface area is 98.2 Å². The van der Waals surface area contributed by atoms with E-state index in [4.69, 9.17) is 0 Å². The molecule has 2 unspecified atom stereocenters. The standard InChI is InChI=1S/C10H12N3.W/c1-2-10(5-11-3-1)13-6-8-4-9(7-13)12-8;/h1-2,5,8-9,12H,4,6-7H2;/q-1;. The molecule has 3 saturated heterocycles. The summed E-state index contributed by atoms with van der Waals surface area (Å²) < 4.78 is 0. The second kappa shape index (κ2) is 3.99. The quantitative estimate of drug-likeness (QED) is 0.739. The number of piperazine rings is 1. The van der Waals surface area contributed by atoms with Crippen LogP contribution < -0.4 is 10.2 Å². The summed E-state index contributed by atoms with van der Waals surface area (Å²) in [6.07, 6.45) is 6.05. The van der Waals surface area contributed by atoms with Crippen LogP contribution >= 0.6 is 0 Å². The van der Waals surface area contributed by atoms with Crippen LogP contribution in [-0.2, 0) is 21.1 Å². The third-order valence-corrected chi connectivity index (χ3v) is 2.89. The van der Waals surface area contributed by atoms with Gasteiger partial charge >= 0.3 is 0 Å². The first-order valence-corrected chi connectivity index (χ1v) is 4.75. The van der Waals surface area contributed by atoms with Gasteiger partial charge in [0.15, 0.2) is 0 Å². The van der Waals surface area contributed by atoms with Crippen LogP contribution in [0.3, 0.4) is 0 Å². The largest absolute Gasteiger partial charge is 0.392 e. The predicted molar refractivity (Wildman–Crippen MR) is 50.6 cm³/mol. The summed E-state index contributed by atoms with van der Waals surface area (Å²) in [5.41, 5.74) is 1.23. The molecule has 74 valence electrons. The van der Waals surface area contributed by atoms with Gasteiger partial charge in [0.05, 0.1) is 0 Å². The minimum absolute atomic E-state index is 0. The Morgan fingerprint density at radius 2 is 2.14 bits per heavy atom. The number of nitrogens with zero attached hydrogens (tertiary/aromatic N) is 2. The van der Waals surface area contributed by atoms with Crippen molar-refractivity contribution in [3.63, 3.8) is 0 Å². The summed E-state index contributed by atoms with van der Waals surface area (Å²) in [7, 11) is 0. The topological polar surface area (TPSA) is 28.2 Å². The van der Waals surface area contributed by atoms with Crippen molar-refractivity contribution in [2.75, 3.05) is 18.0 Å². The van der Waals surface area contributed by atoms with Crippen LogP contribution in [0.25, 0.3) is 0 Å². The molecule has 3 nitrogen and oxygen atoms in total.